The Kier molecular flexibility index (Phi) is 4.65. The molecule has 0 bridgehead atoms. The first kappa shape index (κ1) is 11.5. The maximum atomic E-state index is 8.41. The molecule has 0 amide bonds. The van der Waals surface area contributed by atoms with E-state index in [4.69, 9.17) is 10.00 Å². The molecule has 0 fully saturated rings. The van der Waals surface area contributed by atoms with Crippen molar-refractivity contribution >= 4 is 0 Å². The van der Waals surface area contributed by atoms with Crippen molar-refractivity contribution in [1.29, 1.82) is 5.26 Å². The second-order valence-electron chi connectivity index (χ2n) is 3.36. The minimum atomic E-state index is 0.268. The monoisotopic (exact) mass is 204 g/mol. The van der Waals surface area contributed by atoms with Gasteiger partial charge in [-0.1, -0.05) is 12.1 Å². The number of hydrogen-bond donors (Lipinski definition) is 1. The molecule has 0 aromatic heterocycles. The zero-order valence-corrected chi connectivity index (χ0v) is 9.16. The first-order chi connectivity index (χ1) is 7.27. The molecule has 1 aromatic rings. The van der Waals surface area contributed by atoms with Gasteiger partial charge in [-0.2, -0.15) is 5.26 Å². The minimum Gasteiger partial charge on any atom is -0.497 e. The molecule has 0 saturated heterocycles. The van der Waals surface area contributed by atoms with Gasteiger partial charge in [-0.05, 0) is 24.6 Å². The first-order valence-corrected chi connectivity index (χ1v) is 5.02. The zero-order valence-electron chi connectivity index (χ0n) is 9.16. The molecule has 1 N–H and O–H groups in total. The van der Waals surface area contributed by atoms with Crippen LogP contribution in [0, 0.1) is 11.3 Å². The molecule has 0 spiro atoms. The van der Waals surface area contributed by atoms with Gasteiger partial charge in [-0.15, -0.1) is 0 Å². The standard InChI is InChI=1S/C12H16N2O/c1-10(14-9-3-8-13)11-4-6-12(15-2)7-5-11/h4-7,10,14H,3,9H2,1-2H3/t10-/m0/s1. The fourth-order valence-electron chi connectivity index (χ4n) is 1.36. The van der Waals surface area contributed by atoms with E-state index in [0.717, 1.165) is 12.3 Å². The maximum absolute atomic E-state index is 8.41. The Labute approximate surface area is 90.7 Å². The SMILES string of the molecule is COc1ccc([C@H](C)NCCC#N)cc1. The molecule has 15 heavy (non-hydrogen) atoms. The van der Waals surface area contributed by atoms with Crippen LogP contribution in [0.2, 0.25) is 0 Å². The van der Waals surface area contributed by atoms with Gasteiger partial charge in [0.25, 0.3) is 0 Å². The number of ether oxygens (including phenoxy) is 1. The number of nitrogens with zero attached hydrogens (tertiary/aromatic N) is 1. The molecule has 0 aliphatic rings. The van der Waals surface area contributed by atoms with Gasteiger partial charge in [0.2, 0.25) is 0 Å². The fraction of sp³-hybridized carbons (Fsp3) is 0.417. The Morgan fingerprint density at radius 2 is 2.07 bits per heavy atom. The zero-order chi connectivity index (χ0) is 11.1. The van der Waals surface area contributed by atoms with Crippen LogP contribution in [0.15, 0.2) is 24.3 Å². The fourth-order valence-corrected chi connectivity index (χ4v) is 1.36. The van der Waals surface area contributed by atoms with Gasteiger partial charge in [-0.3, -0.25) is 0 Å². The van der Waals surface area contributed by atoms with Crippen LogP contribution in [0.5, 0.6) is 5.75 Å². The van der Waals surface area contributed by atoms with E-state index in [1.54, 1.807) is 7.11 Å². The van der Waals surface area contributed by atoms with Crippen molar-refractivity contribution < 1.29 is 4.74 Å². The molecule has 3 heteroatoms. The van der Waals surface area contributed by atoms with Crippen LogP contribution in [-0.4, -0.2) is 13.7 Å². The topological polar surface area (TPSA) is 45.0 Å². The molecule has 3 nitrogen and oxygen atoms in total. The van der Waals surface area contributed by atoms with Gasteiger partial charge in [0, 0.05) is 19.0 Å². The lowest BCUT2D eigenvalue weighted by Gasteiger charge is -2.13. The molecule has 1 rings (SSSR count). The lowest BCUT2D eigenvalue weighted by Crippen LogP contribution is -2.19. The average molecular weight is 204 g/mol. The molecule has 80 valence electrons. The van der Waals surface area contributed by atoms with Gasteiger partial charge in [0.1, 0.15) is 5.75 Å². The Morgan fingerprint density at radius 3 is 2.60 bits per heavy atom. The Bertz CT molecular complexity index is 326. The molecule has 0 saturated carbocycles. The Morgan fingerprint density at radius 1 is 1.40 bits per heavy atom. The summed E-state index contributed by atoms with van der Waals surface area (Å²) in [5, 5.41) is 11.7. The van der Waals surface area contributed by atoms with Gasteiger partial charge >= 0.3 is 0 Å². The van der Waals surface area contributed by atoms with Crippen LogP contribution in [-0.2, 0) is 0 Å². The number of nitrogens with one attached hydrogen (secondary N) is 1. The highest BCUT2D eigenvalue weighted by Gasteiger charge is 2.03. The first-order valence-electron chi connectivity index (χ1n) is 5.02. The minimum absolute atomic E-state index is 0.268. The van der Waals surface area contributed by atoms with Crippen molar-refractivity contribution in [2.75, 3.05) is 13.7 Å². The van der Waals surface area contributed by atoms with E-state index < -0.39 is 0 Å². The summed E-state index contributed by atoms with van der Waals surface area (Å²) in [6.07, 6.45) is 0.542. The summed E-state index contributed by atoms with van der Waals surface area (Å²) in [6, 6.07) is 10.3. The van der Waals surface area contributed by atoms with Crippen LogP contribution in [0.4, 0.5) is 0 Å². The highest BCUT2D eigenvalue weighted by atomic mass is 16.5. The molecule has 1 atom stereocenters. The van der Waals surface area contributed by atoms with Crippen molar-refractivity contribution in [1.82, 2.24) is 5.32 Å². The number of methoxy groups -OCH3 is 1. The van der Waals surface area contributed by atoms with E-state index in [1.165, 1.54) is 5.56 Å². The van der Waals surface area contributed by atoms with Crippen molar-refractivity contribution in [3.63, 3.8) is 0 Å². The van der Waals surface area contributed by atoms with Crippen molar-refractivity contribution in [2.45, 2.75) is 19.4 Å². The lowest BCUT2D eigenvalue weighted by atomic mass is 10.1. The predicted molar refractivity (Wildman–Crippen MR) is 59.6 cm³/mol. The van der Waals surface area contributed by atoms with Crippen LogP contribution >= 0.6 is 0 Å². The van der Waals surface area contributed by atoms with Gasteiger partial charge < -0.3 is 10.1 Å². The molecular formula is C12H16N2O. The molecule has 0 radical (unpaired) electrons. The second-order valence-corrected chi connectivity index (χ2v) is 3.36. The van der Waals surface area contributed by atoms with Gasteiger partial charge in [0.05, 0.1) is 13.2 Å². The van der Waals surface area contributed by atoms with Crippen LogP contribution in [0.1, 0.15) is 24.9 Å². The Hall–Kier alpha value is -1.53. The summed E-state index contributed by atoms with van der Waals surface area (Å²) in [7, 11) is 1.66. The van der Waals surface area contributed by atoms with Crippen LogP contribution in [0.3, 0.4) is 0 Å². The molecule has 1 aromatic carbocycles. The van der Waals surface area contributed by atoms with E-state index in [2.05, 4.69) is 18.3 Å². The number of hydrogen-bond acceptors (Lipinski definition) is 3. The van der Waals surface area contributed by atoms with E-state index in [-0.39, 0.29) is 6.04 Å². The largest absolute Gasteiger partial charge is 0.497 e. The van der Waals surface area contributed by atoms with Gasteiger partial charge in [-0.25, -0.2) is 0 Å². The van der Waals surface area contributed by atoms with Crippen molar-refractivity contribution in [3.05, 3.63) is 29.8 Å². The Balaban J connectivity index is 2.51. The summed E-state index contributed by atoms with van der Waals surface area (Å²) in [4.78, 5) is 0. The van der Waals surface area contributed by atoms with E-state index in [1.807, 2.05) is 24.3 Å². The van der Waals surface area contributed by atoms with Gasteiger partial charge in [0.15, 0.2) is 0 Å². The normalized spacial score (nSPS) is 11.8. The van der Waals surface area contributed by atoms with E-state index >= 15 is 0 Å². The lowest BCUT2D eigenvalue weighted by molar-refractivity contribution is 0.414. The van der Waals surface area contributed by atoms with E-state index in [9.17, 15) is 0 Å². The van der Waals surface area contributed by atoms with E-state index in [0.29, 0.717) is 6.42 Å². The van der Waals surface area contributed by atoms with Crippen molar-refractivity contribution in [3.8, 4) is 11.8 Å². The third-order valence-electron chi connectivity index (χ3n) is 2.30. The average Bonchev–Trinajstić information content (AvgIpc) is 2.29. The van der Waals surface area contributed by atoms with Crippen LogP contribution < -0.4 is 10.1 Å². The smallest absolute Gasteiger partial charge is 0.118 e. The molecule has 0 heterocycles. The summed E-state index contributed by atoms with van der Waals surface area (Å²) in [5.74, 6) is 0.864. The number of benzene rings is 1. The maximum Gasteiger partial charge on any atom is 0.118 e. The third kappa shape index (κ3) is 3.61. The number of nitriles is 1. The molecule has 0 aliphatic heterocycles. The predicted octanol–water partition coefficient (Wildman–Crippen LogP) is 2.26. The molecular weight excluding hydrogens is 188 g/mol. The second kappa shape index (κ2) is 6.05. The summed E-state index contributed by atoms with van der Waals surface area (Å²) >= 11 is 0. The summed E-state index contributed by atoms with van der Waals surface area (Å²) in [5.41, 5.74) is 1.20. The highest BCUT2D eigenvalue weighted by molar-refractivity contribution is 5.28. The summed E-state index contributed by atoms with van der Waals surface area (Å²) in [6.45, 7) is 2.81. The summed E-state index contributed by atoms with van der Waals surface area (Å²) < 4.78 is 5.08. The third-order valence-corrected chi connectivity index (χ3v) is 2.30. The van der Waals surface area contributed by atoms with Crippen LogP contribution in [0.25, 0.3) is 0 Å². The van der Waals surface area contributed by atoms with Crippen molar-refractivity contribution in [2.24, 2.45) is 0 Å². The highest BCUT2D eigenvalue weighted by Crippen LogP contribution is 2.16. The quantitative estimate of drug-likeness (QED) is 0.748. The molecule has 0 aliphatic carbocycles. The molecule has 0 unspecified atom stereocenters. The number of rotatable bonds is 5.